The highest BCUT2D eigenvalue weighted by atomic mass is 16.3. The van der Waals surface area contributed by atoms with E-state index in [0.29, 0.717) is 0 Å². The number of rotatable bonds is 2. The highest BCUT2D eigenvalue weighted by Gasteiger charge is 2.16. The van der Waals surface area contributed by atoms with Gasteiger partial charge in [0.15, 0.2) is 5.58 Å². The third-order valence-corrected chi connectivity index (χ3v) is 7.85. The van der Waals surface area contributed by atoms with Crippen molar-refractivity contribution in [3.05, 3.63) is 121 Å². The summed E-state index contributed by atoms with van der Waals surface area (Å²) in [5.41, 5.74) is 10.1. The molecule has 0 unspecified atom stereocenters. The molecule has 4 nitrogen and oxygen atoms in total. The molecule has 0 radical (unpaired) electrons. The van der Waals surface area contributed by atoms with Crippen LogP contribution >= 0.6 is 0 Å². The number of aromatic nitrogens is 2. The molecule has 4 heterocycles. The Morgan fingerprint density at radius 2 is 1.13 bits per heavy atom. The van der Waals surface area contributed by atoms with E-state index in [9.17, 15) is 0 Å². The number of para-hydroxylation sites is 2. The van der Waals surface area contributed by atoms with Crippen LogP contribution in [-0.2, 0) is 0 Å². The van der Waals surface area contributed by atoms with Gasteiger partial charge in [-0.05, 0) is 77.9 Å². The Bertz CT molecular complexity index is 2400. The van der Waals surface area contributed by atoms with Crippen molar-refractivity contribution in [2.75, 3.05) is 0 Å². The molecule has 0 saturated heterocycles. The molecule has 0 fully saturated rings. The number of hydrogen-bond acceptors (Lipinski definition) is 3. The van der Waals surface area contributed by atoms with E-state index in [1.165, 1.54) is 27.4 Å². The fourth-order valence-electron chi connectivity index (χ4n) is 6.06. The van der Waals surface area contributed by atoms with Crippen molar-refractivity contribution in [3.63, 3.8) is 0 Å². The number of pyridine rings is 1. The number of benzene rings is 5. The smallest absolute Gasteiger partial charge is 0.153 e. The van der Waals surface area contributed by atoms with Gasteiger partial charge in [0.1, 0.15) is 22.3 Å². The summed E-state index contributed by atoms with van der Waals surface area (Å²) in [5, 5.41) is 5.74. The lowest BCUT2D eigenvalue weighted by Crippen LogP contribution is -1.93. The van der Waals surface area contributed by atoms with Gasteiger partial charge in [0, 0.05) is 38.8 Å². The van der Waals surface area contributed by atoms with E-state index in [0.717, 1.165) is 55.2 Å². The lowest BCUT2D eigenvalue weighted by Gasteiger charge is -2.09. The zero-order valence-electron chi connectivity index (χ0n) is 20.8. The topological polar surface area (TPSA) is 44.1 Å². The van der Waals surface area contributed by atoms with E-state index in [4.69, 9.17) is 8.83 Å². The van der Waals surface area contributed by atoms with Crippen LogP contribution in [0, 0.1) is 0 Å². The molecule has 0 aliphatic carbocycles. The Labute approximate surface area is 222 Å². The van der Waals surface area contributed by atoms with E-state index in [-0.39, 0.29) is 0 Å². The summed E-state index contributed by atoms with van der Waals surface area (Å²) in [5.74, 6) is 0. The summed E-state index contributed by atoms with van der Waals surface area (Å²) in [6.45, 7) is 0. The summed E-state index contributed by atoms with van der Waals surface area (Å²) in [6, 6.07) is 40.3. The standard InChI is InChI=1S/C35H20N2O2/c1-3-8-29-24(6-1)26-18-21(22-12-15-32-27(19-22)25-7-2-4-9-31(25)38-32)11-14-30(26)37(29)23-13-16-33-28(20-23)35-34(39-33)10-5-17-36-35/h1-20H. The molecule has 0 aliphatic heterocycles. The molecule has 182 valence electrons. The van der Waals surface area contributed by atoms with Crippen molar-refractivity contribution in [3.8, 4) is 16.8 Å². The van der Waals surface area contributed by atoms with Gasteiger partial charge in [0.25, 0.3) is 0 Å². The average molecular weight is 501 g/mol. The van der Waals surface area contributed by atoms with Crippen molar-refractivity contribution in [2.45, 2.75) is 0 Å². The lowest BCUT2D eigenvalue weighted by atomic mass is 10.0. The molecular formula is C35H20N2O2. The number of nitrogens with zero attached hydrogens (tertiary/aromatic N) is 2. The second kappa shape index (κ2) is 7.59. The van der Waals surface area contributed by atoms with E-state index < -0.39 is 0 Å². The largest absolute Gasteiger partial charge is 0.456 e. The molecule has 0 atom stereocenters. The first-order valence-electron chi connectivity index (χ1n) is 13.0. The predicted molar refractivity (Wildman–Crippen MR) is 159 cm³/mol. The third-order valence-electron chi connectivity index (χ3n) is 7.85. The van der Waals surface area contributed by atoms with E-state index in [1.54, 1.807) is 0 Å². The van der Waals surface area contributed by atoms with Gasteiger partial charge >= 0.3 is 0 Å². The lowest BCUT2D eigenvalue weighted by molar-refractivity contribution is 0.668. The molecule has 9 aromatic rings. The van der Waals surface area contributed by atoms with Crippen LogP contribution in [0.1, 0.15) is 0 Å². The maximum absolute atomic E-state index is 6.06. The summed E-state index contributed by atoms with van der Waals surface area (Å²) < 4.78 is 14.4. The molecular weight excluding hydrogens is 480 g/mol. The summed E-state index contributed by atoms with van der Waals surface area (Å²) in [7, 11) is 0. The van der Waals surface area contributed by atoms with Crippen molar-refractivity contribution < 1.29 is 8.83 Å². The fraction of sp³-hybridized carbons (Fsp3) is 0. The minimum atomic E-state index is 0.805. The van der Waals surface area contributed by atoms with Gasteiger partial charge in [-0.15, -0.1) is 0 Å². The molecule has 5 aromatic carbocycles. The summed E-state index contributed by atoms with van der Waals surface area (Å²) in [4.78, 5) is 4.59. The minimum Gasteiger partial charge on any atom is -0.456 e. The number of hydrogen-bond donors (Lipinski definition) is 0. The maximum Gasteiger partial charge on any atom is 0.153 e. The van der Waals surface area contributed by atoms with Crippen LogP contribution in [0.25, 0.3) is 82.6 Å². The highest BCUT2D eigenvalue weighted by molar-refractivity contribution is 6.12. The number of furan rings is 2. The van der Waals surface area contributed by atoms with Gasteiger partial charge in [-0.3, -0.25) is 4.98 Å². The first kappa shape index (κ1) is 20.7. The Balaban J connectivity index is 1.28. The minimum absolute atomic E-state index is 0.805. The van der Waals surface area contributed by atoms with Crippen LogP contribution in [0.5, 0.6) is 0 Å². The summed E-state index contributed by atoms with van der Waals surface area (Å²) in [6.07, 6.45) is 1.82. The molecule has 0 spiro atoms. The monoisotopic (exact) mass is 500 g/mol. The van der Waals surface area contributed by atoms with Gasteiger partial charge in [-0.2, -0.15) is 0 Å². The Morgan fingerprint density at radius 1 is 0.462 bits per heavy atom. The third kappa shape index (κ3) is 2.91. The van der Waals surface area contributed by atoms with E-state index in [1.807, 2.05) is 36.5 Å². The average Bonchev–Trinajstić information content (AvgIpc) is 3.65. The SMILES string of the molecule is c1ccc2c(c1)oc1ccc(-c3ccc4c(c3)c3ccccc3n4-c3ccc4oc5cccnc5c4c3)cc12. The molecule has 0 aliphatic rings. The van der Waals surface area contributed by atoms with Crippen molar-refractivity contribution in [2.24, 2.45) is 0 Å². The summed E-state index contributed by atoms with van der Waals surface area (Å²) >= 11 is 0. The van der Waals surface area contributed by atoms with Gasteiger partial charge in [0.05, 0.1) is 11.0 Å². The first-order valence-corrected chi connectivity index (χ1v) is 13.0. The predicted octanol–water partition coefficient (Wildman–Crippen LogP) is 9.64. The van der Waals surface area contributed by atoms with Crippen molar-refractivity contribution >= 4 is 65.8 Å². The molecule has 4 heteroatoms. The van der Waals surface area contributed by atoms with E-state index in [2.05, 4.69) is 94.5 Å². The fourth-order valence-corrected chi connectivity index (χ4v) is 6.06. The quantitative estimate of drug-likeness (QED) is 0.237. The van der Waals surface area contributed by atoms with Gasteiger partial charge in [0.2, 0.25) is 0 Å². The van der Waals surface area contributed by atoms with Crippen LogP contribution in [0.3, 0.4) is 0 Å². The van der Waals surface area contributed by atoms with Crippen molar-refractivity contribution in [1.29, 1.82) is 0 Å². The van der Waals surface area contributed by atoms with Crippen LogP contribution in [0.4, 0.5) is 0 Å². The second-order valence-corrected chi connectivity index (χ2v) is 10.0. The molecule has 0 bridgehead atoms. The van der Waals surface area contributed by atoms with Gasteiger partial charge in [-0.25, -0.2) is 0 Å². The number of fused-ring (bicyclic) bond motifs is 9. The van der Waals surface area contributed by atoms with Crippen molar-refractivity contribution in [1.82, 2.24) is 9.55 Å². The van der Waals surface area contributed by atoms with E-state index >= 15 is 0 Å². The van der Waals surface area contributed by atoms with Gasteiger partial charge < -0.3 is 13.4 Å². The maximum atomic E-state index is 6.06. The molecule has 0 N–H and O–H groups in total. The van der Waals surface area contributed by atoms with Crippen LogP contribution in [0.15, 0.2) is 130 Å². The molecule has 4 aromatic heterocycles. The zero-order chi connectivity index (χ0) is 25.5. The molecule has 9 rings (SSSR count). The first-order chi connectivity index (χ1) is 19.3. The molecule has 0 amide bonds. The Hall–Kier alpha value is -5.35. The highest BCUT2D eigenvalue weighted by Crippen LogP contribution is 2.38. The van der Waals surface area contributed by atoms with Crippen LogP contribution < -0.4 is 0 Å². The van der Waals surface area contributed by atoms with Gasteiger partial charge in [-0.1, -0.05) is 48.5 Å². The zero-order valence-corrected chi connectivity index (χ0v) is 20.8. The van der Waals surface area contributed by atoms with Crippen LogP contribution in [-0.4, -0.2) is 9.55 Å². The normalized spacial score (nSPS) is 12.1. The second-order valence-electron chi connectivity index (χ2n) is 10.0. The molecule has 0 saturated carbocycles. The molecule has 39 heavy (non-hydrogen) atoms. The van der Waals surface area contributed by atoms with Crippen LogP contribution in [0.2, 0.25) is 0 Å². The Kier molecular flexibility index (Phi) is 4.02. The Morgan fingerprint density at radius 3 is 2.08 bits per heavy atom.